The van der Waals surface area contributed by atoms with Crippen molar-refractivity contribution in [2.45, 2.75) is 18.9 Å². The second-order valence-electron chi connectivity index (χ2n) is 6.32. The maximum atomic E-state index is 12.6. The summed E-state index contributed by atoms with van der Waals surface area (Å²) in [4.78, 5) is 15.1. The summed E-state index contributed by atoms with van der Waals surface area (Å²) in [6.45, 7) is 2.97. The van der Waals surface area contributed by atoms with Gasteiger partial charge >= 0.3 is 0 Å². The molecule has 0 saturated carbocycles. The number of rotatable bonds is 2. The number of Topliss-reactive ketones (excluding diaryl/α,β-unsaturated/α-hetero) is 1. The van der Waals surface area contributed by atoms with Crippen molar-refractivity contribution in [1.82, 2.24) is 4.90 Å². The average molecular weight is 356 g/mol. The van der Waals surface area contributed by atoms with Crippen molar-refractivity contribution in [3.8, 4) is 0 Å². The molecule has 2 nitrogen and oxygen atoms in total. The number of nitrogens with zero attached hydrogens (tertiary/aromatic N) is 1. The molecule has 0 radical (unpaired) electrons. The number of piperidine rings is 1. The van der Waals surface area contributed by atoms with Gasteiger partial charge in [-0.25, -0.2) is 0 Å². The Morgan fingerprint density at radius 3 is 2.73 bits per heavy atom. The van der Waals surface area contributed by atoms with Gasteiger partial charge in [-0.2, -0.15) is 0 Å². The Labute approximate surface area is 139 Å². The fourth-order valence-electron chi connectivity index (χ4n) is 3.90. The van der Waals surface area contributed by atoms with Crippen molar-refractivity contribution in [3.05, 3.63) is 69.7 Å². The van der Waals surface area contributed by atoms with Crippen LogP contribution in [0.4, 0.5) is 0 Å². The first-order valence-corrected chi connectivity index (χ1v) is 8.61. The first-order valence-electron chi connectivity index (χ1n) is 7.82. The summed E-state index contributed by atoms with van der Waals surface area (Å²) in [7, 11) is 0. The second-order valence-corrected chi connectivity index (χ2v) is 7.23. The second kappa shape index (κ2) is 5.64. The molecule has 22 heavy (non-hydrogen) atoms. The first-order chi connectivity index (χ1) is 10.7. The van der Waals surface area contributed by atoms with E-state index in [4.69, 9.17) is 0 Å². The minimum absolute atomic E-state index is 0.191. The summed E-state index contributed by atoms with van der Waals surface area (Å²) < 4.78 is 1.07. The van der Waals surface area contributed by atoms with E-state index < -0.39 is 0 Å². The van der Waals surface area contributed by atoms with Crippen LogP contribution in [-0.2, 0) is 6.54 Å². The summed E-state index contributed by atoms with van der Waals surface area (Å²) in [6.07, 6.45) is 0.975. The first kappa shape index (κ1) is 14.2. The fourth-order valence-corrected chi connectivity index (χ4v) is 4.28. The van der Waals surface area contributed by atoms with Crippen LogP contribution >= 0.6 is 15.9 Å². The van der Waals surface area contributed by atoms with Crippen LogP contribution in [0.3, 0.4) is 0 Å². The van der Waals surface area contributed by atoms with Gasteiger partial charge in [-0.15, -0.1) is 0 Å². The molecule has 2 unspecified atom stereocenters. The van der Waals surface area contributed by atoms with E-state index in [9.17, 15) is 4.79 Å². The molecular formula is C19H18BrNO. The van der Waals surface area contributed by atoms with E-state index >= 15 is 0 Å². The Hall–Kier alpha value is -1.45. The zero-order valence-electron chi connectivity index (χ0n) is 12.3. The summed E-state index contributed by atoms with van der Waals surface area (Å²) in [5.74, 6) is 0.903. The maximum absolute atomic E-state index is 12.6. The van der Waals surface area contributed by atoms with Crippen LogP contribution in [0.5, 0.6) is 0 Å². The summed E-state index contributed by atoms with van der Waals surface area (Å²) in [6, 6.07) is 16.7. The molecule has 0 amide bonds. The van der Waals surface area contributed by atoms with Gasteiger partial charge in [-0.3, -0.25) is 9.69 Å². The number of fused-ring (bicyclic) bond motifs is 3. The molecule has 3 heteroatoms. The van der Waals surface area contributed by atoms with Crippen LogP contribution in [0.2, 0.25) is 0 Å². The van der Waals surface area contributed by atoms with Crippen molar-refractivity contribution in [2.75, 3.05) is 13.1 Å². The predicted octanol–water partition coefficient (Wildman–Crippen LogP) is 4.25. The standard InChI is InChI=1S/C19H18BrNO/c20-14-6-7-15-17(10-14)18-12-21(9-8-16(18)19(15)22)11-13-4-2-1-3-5-13/h1-7,10,16,18H,8-9,11-12H2. The van der Waals surface area contributed by atoms with Crippen molar-refractivity contribution in [2.24, 2.45) is 5.92 Å². The van der Waals surface area contributed by atoms with Gasteiger partial charge in [0.15, 0.2) is 5.78 Å². The molecule has 1 fully saturated rings. The van der Waals surface area contributed by atoms with Gasteiger partial charge in [-0.1, -0.05) is 46.3 Å². The van der Waals surface area contributed by atoms with E-state index in [1.165, 1.54) is 11.1 Å². The molecule has 1 aliphatic carbocycles. The monoisotopic (exact) mass is 355 g/mol. The molecule has 4 rings (SSSR count). The van der Waals surface area contributed by atoms with E-state index in [1.54, 1.807) is 0 Å². The van der Waals surface area contributed by atoms with E-state index in [0.29, 0.717) is 11.7 Å². The van der Waals surface area contributed by atoms with Gasteiger partial charge in [0.1, 0.15) is 0 Å². The summed E-state index contributed by atoms with van der Waals surface area (Å²) in [5, 5.41) is 0. The Balaban J connectivity index is 1.58. The average Bonchev–Trinajstić information content (AvgIpc) is 2.81. The Kier molecular flexibility index (Phi) is 3.63. The van der Waals surface area contributed by atoms with Crippen LogP contribution in [-0.4, -0.2) is 23.8 Å². The highest BCUT2D eigenvalue weighted by atomic mass is 79.9. The van der Waals surface area contributed by atoms with Crippen molar-refractivity contribution in [1.29, 1.82) is 0 Å². The van der Waals surface area contributed by atoms with E-state index in [-0.39, 0.29) is 5.92 Å². The van der Waals surface area contributed by atoms with Crippen molar-refractivity contribution >= 4 is 21.7 Å². The highest BCUT2D eigenvalue weighted by Crippen LogP contribution is 2.43. The number of benzene rings is 2. The van der Waals surface area contributed by atoms with Crippen LogP contribution in [0.1, 0.15) is 33.8 Å². The molecule has 2 aromatic carbocycles. The molecule has 0 aromatic heterocycles. The lowest BCUT2D eigenvalue weighted by atomic mass is 9.85. The summed E-state index contributed by atoms with van der Waals surface area (Å²) >= 11 is 3.55. The molecule has 1 saturated heterocycles. The fraction of sp³-hybridized carbons (Fsp3) is 0.316. The number of hydrogen-bond donors (Lipinski definition) is 0. The van der Waals surface area contributed by atoms with Crippen LogP contribution in [0.25, 0.3) is 0 Å². The quantitative estimate of drug-likeness (QED) is 0.802. The van der Waals surface area contributed by atoms with Crippen molar-refractivity contribution < 1.29 is 4.79 Å². The topological polar surface area (TPSA) is 20.3 Å². The number of hydrogen-bond acceptors (Lipinski definition) is 2. The Bertz CT molecular complexity index is 713. The lowest BCUT2D eigenvalue weighted by molar-refractivity contribution is 0.0834. The third kappa shape index (κ3) is 2.42. The molecular weight excluding hydrogens is 338 g/mol. The van der Waals surface area contributed by atoms with Gasteiger partial charge in [-0.05, 0) is 42.3 Å². The Morgan fingerprint density at radius 2 is 1.91 bits per heavy atom. The normalized spacial score (nSPS) is 24.1. The molecule has 0 N–H and O–H groups in total. The third-order valence-corrected chi connectivity index (χ3v) is 5.45. The van der Waals surface area contributed by atoms with Crippen molar-refractivity contribution in [3.63, 3.8) is 0 Å². The SMILES string of the molecule is O=C1c2ccc(Br)cc2C2CN(Cc3ccccc3)CCC12. The van der Waals surface area contributed by atoms with Crippen LogP contribution < -0.4 is 0 Å². The molecule has 2 atom stereocenters. The number of carbonyl (C=O) groups is 1. The molecule has 2 aliphatic rings. The molecule has 1 heterocycles. The number of likely N-dealkylation sites (tertiary alicyclic amines) is 1. The third-order valence-electron chi connectivity index (χ3n) is 4.96. The molecule has 0 bridgehead atoms. The van der Waals surface area contributed by atoms with Crippen LogP contribution in [0, 0.1) is 5.92 Å². The minimum atomic E-state index is 0.191. The smallest absolute Gasteiger partial charge is 0.166 e. The highest BCUT2D eigenvalue weighted by molar-refractivity contribution is 9.10. The van der Waals surface area contributed by atoms with Gasteiger partial charge < -0.3 is 0 Å². The number of carbonyl (C=O) groups excluding carboxylic acids is 1. The summed E-state index contributed by atoms with van der Waals surface area (Å²) in [5.41, 5.74) is 3.53. The predicted molar refractivity (Wildman–Crippen MR) is 91.0 cm³/mol. The Morgan fingerprint density at radius 1 is 1.09 bits per heavy atom. The lowest BCUT2D eigenvalue weighted by Gasteiger charge is -2.34. The van der Waals surface area contributed by atoms with E-state index in [2.05, 4.69) is 57.2 Å². The largest absolute Gasteiger partial charge is 0.298 e. The van der Waals surface area contributed by atoms with Crippen LogP contribution in [0.15, 0.2) is 53.0 Å². The number of halogens is 1. The van der Waals surface area contributed by atoms with E-state index in [1.807, 2.05) is 12.1 Å². The minimum Gasteiger partial charge on any atom is -0.298 e. The van der Waals surface area contributed by atoms with Gasteiger partial charge in [0.05, 0.1) is 0 Å². The lowest BCUT2D eigenvalue weighted by Crippen LogP contribution is -2.38. The zero-order valence-corrected chi connectivity index (χ0v) is 13.9. The highest BCUT2D eigenvalue weighted by Gasteiger charge is 2.42. The van der Waals surface area contributed by atoms with E-state index in [0.717, 1.165) is 36.1 Å². The maximum Gasteiger partial charge on any atom is 0.166 e. The molecule has 2 aromatic rings. The zero-order chi connectivity index (χ0) is 15.1. The molecule has 112 valence electrons. The van der Waals surface area contributed by atoms with Gasteiger partial charge in [0.2, 0.25) is 0 Å². The van der Waals surface area contributed by atoms with Gasteiger partial charge in [0, 0.05) is 35.0 Å². The molecule has 1 aliphatic heterocycles. The van der Waals surface area contributed by atoms with Gasteiger partial charge in [0.25, 0.3) is 0 Å². The number of ketones is 1. The molecule has 0 spiro atoms.